The Morgan fingerprint density at radius 1 is 1.00 bits per heavy atom. The molecule has 2 nitrogen and oxygen atoms in total. The smallest absolute Gasteiger partial charge is 0.166 e. The van der Waals surface area contributed by atoms with E-state index >= 15 is 0 Å². The molecule has 1 heterocycles. The highest BCUT2D eigenvalue weighted by Crippen LogP contribution is 2.23. The van der Waals surface area contributed by atoms with Gasteiger partial charge in [-0.05, 0) is 38.4 Å². The quantitative estimate of drug-likeness (QED) is 0.791. The first-order valence-corrected chi connectivity index (χ1v) is 8.09. The molecule has 114 valence electrons. The van der Waals surface area contributed by atoms with Crippen LogP contribution in [-0.2, 0) is 6.54 Å². The van der Waals surface area contributed by atoms with Crippen molar-refractivity contribution < 1.29 is 4.79 Å². The van der Waals surface area contributed by atoms with E-state index in [0.717, 1.165) is 38.0 Å². The number of carbonyl (C=O) groups is 1. The molecular formula is C20H23NO. The minimum atomic E-state index is 0.190. The topological polar surface area (TPSA) is 20.3 Å². The van der Waals surface area contributed by atoms with Crippen molar-refractivity contribution in [1.29, 1.82) is 0 Å². The number of hydrogen-bond acceptors (Lipinski definition) is 2. The normalized spacial score (nSPS) is 16.6. The monoisotopic (exact) mass is 293 g/mol. The van der Waals surface area contributed by atoms with Crippen molar-refractivity contribution in [2.75, 3.05) is 13.1 Å². The van der Waals surface area contributed by atoms with E-state index in [1.165, 1.54) is 11.1 Å². The number of ketones is 1. The Kier molecular flexibility index (Phi) is 4.69. The molecule has 22 heavy (non-hydrogen) atoms. The van der Waals surface area contributed by atoms with Gasteiger partial charge in [0.2, 0.25) is 0 Å². The predicted octanol–water partition coefficient (Wildman–Crippen LogP) is 4.09. The van der Waals surface area contributed by atoms with E-state index in [2.05, 4.69) is 42.2 Å². The Labute approximate surface area is 132 Å². The Morgan fingerprint density at radius 2 is 1.64 bits per heavy atom. The zero-order valence-corrected chi connectivity index (χ0v) is 13.2. The van der Waals surface area contributed by atoms with Gasteiger partial charge in [0, 0.05) is 18.0 Å². The minimum Gasteiger partial charge on any atom is -0.299 e. The predicted molar refractivity (Wildman–Crippen MR) is 90.0 cm³/mol. The Bertz CT molecular complexity index is 610. The summed E-state index contributed by atoms with van der Waals surface area (Å²) in [7, 11) is 0. The first-order chi connectivity index (χ1) is 10.7. The molecule has 1 aliphatic rings. The van der Waals surface area contributed by atoms with Crippen molar-refractivity contribution in [2.45, 2.75) is 26.3 Å². The Hall–Kier alpha value is -1.93. The second-order valence-electron chi connectivity index (χ2n) is 6.27. The summed E-state index contributed by atoms with van der Waals surface area (Å²) in [5.41, 5.74) is 3.42. The lowest BCUT2D eigenvalue weighted by Crippen LogP contribution is -2.35. The fraction of sp³-hybridized carbons (Fsp3) is 0.350. The Morgan fingerprint density at radius 3 is 2.27 bits per heavy atom. The number of carbonyl (C=O) groups excluding carboxylic acids is 1. The van der Waals surface area contributed by atoms with Gasteiger partial charge < -0.3 is 0 Å². The van der Waals surface area contributed by atoms with Crippen molar-refractivity contribution in [3.8, 4) is 0 Å². The maximum atomic E-state index is 12.6. The van der Waals surface area contributed by atoms with Crippen LogP contribution in [0.3, 0.4) is 0 Å². The van der Waals surface area contributed by atoms with Gasteiger partial charge in [0.15, 0.2) is 5.78 Å². The van der Waals surface area contributed by atoms with Crippen LogP contribution in [-0.4, -0.2) is 23.8 Å². The third-order valence-electron chi connectivity index (χ3n) is 4.54. The number of Topliss-reactive ketones (excluding diaryl/α,β-unsaturated/α-hetero) is 1. The zero-order chi connectivity index (χ0) is 15.4. The number of benzene rings is 2. The van der Waals surface area contributed by atoms with Crippen LogP contribution in [0, 0.1) is 12.8 Å². The van der Waals surface area contributed by atoms with Crippen LogP contribution < -0.4 is 0 Å². The lowest BCUT2D eigenvalue weighted by molar-refractivity contribution is 0.0835. The summed E-state index contributed by atoms with van der Waals surface area (Å²) in [6, 6.07) is 18.5. The van der Waals surface area contributed by atoms with Gasteiger partial charge in [-0.3, -0.25) is 9.69 Å². The average Bonchev–Trinajstić information content (AvgIpc) is 2.57. The molecular weight excluding hydrogens is 270 g/mol. The molecule has 0 saturated carbocycles. The van der Waals surface area contributed by atoms with E-state index in [1.54, 1.807) is 0 Å². The van der Waals surface area contributed by atoms with Crippen LogP contribution in [0.4, 0.5) is 0 Å². The molecule has 0 aromatic heterocycles. The summed E-state index contributed by atoms with van der Waals surface area (Å²) in [5.74, 6) is 0.508. The number of hydrogen-bond donors (Lipinski definition) is 0. The van der Waals surface area contributed by atoms with Crippen molar-refractivity contribution in [3.63, 3.8) is 0 Å². The maximum absolute atomic E-state index is 12.6. The van der Waals surface area contributed by atoms with Gasteiger partial charge in [0.05, 0.1) is 0 Å². The lowest BCUT2D eigenvalue weighted by Gasteiger charge is -2.31. The highest BCUT2D eigenvalue weighted by molar-refractivity contribution is 5.97. The maximum Gasteiger partial charge on any atom is 0.166 e. The van der Waals surface area contributed by atoms with Crippen molar-refractivity contribution >= 4 is 5.78 Å². The molecule has 0 unspecified atom stereocenters. The fourth-order valence-electron chi connectivity index (χ4n) is 3.15. The van der Waals surface area contributed by atoms with E-state index in [0.29, 0.717) is 5.78 Å². The van der Waals surface area contributed by atoms with Gasteiger partial charge in [0.1, 0.15) is 0 Å². The molecule has 1 fully saturated rings. The van der Waals surface area contributed by atoms with E-state index in [4.69, 9.17) is 0 Å². The second kappa shape index (κ2) is 6.89. The number of aryl methyl sites for hydroxylation is 1. The summed E-state index contributed by atoms with van der Waals surface area (Å²) in [6.07, 6.45) is 1.94. The largest absolute Gasteiger partial charge is 0.299 e. The van der Waals surface area contributed by atoms with E-state index < -0.39 is 0 Å². The third kappa shape index (κ3) is 3.63. The van der Waals surface area contributed by atoms with Crippen molar-refractivity contribution in [1.82, 2.24) is 4.90 Å². The first kappa shape index (κ1) is 15.0. The number of rotatable bonds is 4. The lowest BCUT2D eigenvalue weighted by atomic mass is 9.88. The molecule has 1 aliphatic heterocycles. The molecule has 0 atom stereocenters. The number of piperidine rings is 1. The van der Waals surface area contributed by atoms with Crippen LogP contribution in [0.2, 0.25) is 0 Å². The van der Waals surface area contributed by atoms with Crippen LogP contribution in [0.15, 0.2) is 54.6 Å². The van der Waals surface area contributed by atoms with Crippen LogP contribution >= 0.6 is 0 Å². The Balaban J connectivity index is 1.55. The van der Waals surface area contributed by atoms with E-state index in [9.17, 15) is 4.79 Å². The first-order valence-electron chi connectivity index (χ1n) is 8.09. The fourth-order valence-corrected chi connectivity index (χ4v) is 3.15. The summed E-state index contributed by atoms with van der Waals surface area (Å²) in [5, 5.41) is 0. The molecule has 0 spiro atoms. The molecule has 0 radical (unpaired) electrons. The molecule has 3 rings (SSSR count). The number of nitrogens with zero attached hydrogens (tertiary/aromatic N) is 1. The number of likely N-dealkylation sites (tertiary alicyclic amines) is 1. The SMILES string of the molecule is Cc1ccc(C(=O)C2CCN(Cc3ccccc3)CC2)cc1. The summed E-state index contributed by atoms with van der Waals surface area (Å²) in [4.78, 5) is 15.0. The average molecular weight is 293 g/mol. The van der Waals surface area contributed by atoms with Gasteiger partial charge in [-0.1, -0.05) is 60.2 Å². The molecule has 0 aliphatic carbocycles. The van der Waals surface area contributed by atoms with Crippen LogP contribution in [0.5, 0.6) is 0 Å². The molecule has 2 aromatic carbocycles. The summed E-state index contributed by atoms with van der Waals surface area (Å²) >= 11 is 0. The van der Waals surface area contributed by atoms with E-state index in [-0.39, 0.29) is 5.92 Å². The molecule has 0 bridgehead atoms. The van der Waals surface area contributed by atoms with Gasteiger partial charge in [-0.25, -0.2) is 0 Å². The van der Waals surface area contributed by atoms with Crippen LogP contribution in [0.1, 0.15) is 34.3 Å². The van der Waals surface area contributed by atoms with Crippen molar-refractivity contribution in [2.24, 2.45) is 5.92 Å². The van der Waals surface area contributed by atoms with Gasteiger partial charge in [-0.15, -0.1) is 0 Å². The van der Waals surface area contributed by atoms with Crippen LogP contribution in [0.25, 0.3) is 0 Å². The molecule has 2 aromatic rings. The standard InChI is InChI=1S/C20H23NO/c1-16-7-9-18(10-8-16)20(22)19-11-13-21(14-12-19)15-17-5-3-2-4-6-17/h2-10,19H,11-15H2,1H3. The van der Waals surface area contributed by atoms with Gasteiger partial charge in [-0.2, -0.15) is 0 Å². The third-order valence-corrected chi connectivity index (χ3v) is 4.54. The van der Waals surface area contributed by atoms with Gasteiger partial charge >= 0.3 is 0 Å². The van der Waals surface area contributed by atoms with E-state index in [1.807, 2.05) is 24.3 Å². The molecule has 0 N–H and O–H groups in total. The van der Waals surface area contributed by atoms with Crippen molar-refractivity contribution in [3.05, 3.63) is 71.3 Å². The van der Waals surface area contributed by atoms with Gasteiger partial charge in [0.25, 0.3) is 0 Å². The molecule has 0 amide bonds. The zero-order valence-electron chi connectivity index (χ0n) is 13.2. The highest BCUT2D eigenvalue weighted by Gasteiger charge is 2.25. The summed E-state index contributed by atoms with van der Waals surface area (Å²) < 4.78 is 0. The molecule has 2 heteroatoms. The summed E-state index contributed by atoms with van der Waals surface area (Å²) in [6.45, 7) is 5.07. The highest BCUT2D eigenvalue weighted by atomic mass is 16.1. The second-order valence-corrected chi connectivity index (χ2v) is 6.27. The molecule has 1 saturated heterocycles. The minimum absolute atomic E-state index is 0.190.